The number of carbonyl (C=O) groups excluding carboxylic acids is 1. The normalized spacial score (nSPS) is 21.5. The van der Waals surface area contributed by atoms with E-state index >= 15 is 0 Å². The lowest BCUT2D eigenvalue weighted by Gasteiger charge is -2.38. The molecule has 1 saturated carbocycles. The van der Waals surface area contributed by atoms with Gasteiger partial charge in [0.1, 0.15) is 11.7 Å². The molecule has 1 N–H and O–H groups in total. The molecule has 3 atom stereocenters. The fourth-order valence-electron chi connectivity index (χ4n) is 4.98. The second-order valence-corrected chi connectivity index (χ2v) is 10.1. The van der Waals surface area contributed by atoms with E-state index in [1.54, 1.807) is 29.6 Å². The number of aliphatic hydroxyl groups excluding tert-OH is 1. The summed E-state index contributed by atoms with van der Waals surface area (Å²) in [6.07, 6.45) is 10.2. The molecule has 1 amide bonds. The third-order valence-corrected chi connectivity index (χ3v) is 7.09. The number of likely N-dealkylation sites (N-methyl/N-ethyl adjacent to an activating group) is 1. The van der Waals surface area contributed by atoms with Crippen LogP contribution in [0.4, 0.5) is 0 Å². The standard InChI is InChI=1S/C28H36N4O3/c1-20-16-32(21(2)19-33)28(34)25-14-24(9-8-22-10-12-29-13-11-22)15-30-27(25)35-26(20)18-31(3)17-23-6-4-5-7-23/h10-15,20-21,23,26,33H,4-7,16-19H2,1-3H3/t20-,21-,26+/m0/s1. The van der Waals surface area contributed by atoms with Crippen molar-refractivity contribution in [2.24, 2.45) is 11.8 Å². The van der Waals surface area contributed by atoms with Crippen molar-refractivity contribution in [1.29, 1.82) is 0 Å². The van der Waals surface area contributed by atoms with Crippen molar-refractivity contribution in [2.75, 3.05) is 33.3 Å². The van der Waals surface area contributed by atoms with E-state index in [2.05, 4.69) is 40.7 Å². The van der Waals surface area contributed by atoms with Crippen LogP contribution in [0.3, 0.4) is 0 Å². The first-order valence-electron chi connectivity index (χ1n) is 12.6. The quantitative estimate of drug-likeness (QED) is 0.645. The Kier molecular flexibility index (Phi) is 8.37. The van der Waals surface area contributed by atoms with Crippen molar-refractivity contribution in [2.45, 2.75) is 51.7 Å². The van der Waals surface area contributed by atoms with Gasteiger partial charge in [-0.3, -0.25) is 9.78 Å². The third kappa shape index (κ3) is 6.39. The molecule has 0 aromatic carbocycles. The molecule has 4 rings (SSSR count). The van der Waals surface area contributed by atoms with Crippen molar-refractivity contribution in [1.82, 2.24) is 19.8 Å². The SMILES string of the molecule is C[C@H]1CN([C@@H](C)CO)C(=O)c2cc(C#Cc3ccncc3)cnc2O[C@@H]1CN(C)CC1CCCC1. The van der Waals surface area contributed by atoms with Gasteiger partial charge in [-0.1, -0.05) is 31.6 Å². The van der Waals surface area contributed by atoms with Gasteiger partial charge in [0.05, 0.1) is 12.6 Å². The summed E-state index contributed by atoms with van der Waals surface area (Å²) in [5.74, 6) is 7.17. The Labute approximate surface area is 208 Å². The number of fused-ring (bicyclic) bond motifs is 1. The molecule has 2 aromatic heterocycles. The Morgan fingerprint density at radius 1 is 1.20 bits per heavy atom. The summed E-state index contributed by atoms with van der Waals surface area (Å²) in [5.41, 5.74) is 1.86. The number of rotatable bonds is 6. The number of carbonyl (C=O) groups is 1. The van der Waals surface area contributed by atoms with Crippen molar-refractivity contribution in [3.8, 4) is 17.7 Å². The Bertz CT molecular complexity index is 1060. The lowest BCUT2D eigenvalue weighted by atomic mass is 9.99. The number of pyridine rings is 2. The number of aromatic nitrogens is 2. The minimum absolute atomic E-state index is 0.0834. The number of nitrogens with zero attached hydrogens (tertiary/aromatic N) is 4. The molecule has 2 aromatic rings. The molecule has 0 saturated heterocycles. The lowest BCUT2D eigenvalue weighted by Crippen LogP contribution is -2.50. The number of ether oxygens (including phenoxy) is 1. The summed E-state index contributed by atoms with van der Waals surface area (Å²) < 4.78 is 6.42. The second kappa shape index (κ2) is 11.7. The number of aliphatic hydroxyl groups is 1. The van der Waals surface area contributed by atoms with E-state index in [4.69, 9.17) is 4.74 Å². The number of amides is 1. The number of hydrogen-bond donors (Lipinski definition) is 1. The van der Waals surface area contributed by atoms with Crippen LogP contribution in [0.5, 0.6) is 5.88 Å². The molecule has 2 aliphatic rings. The van der Waals surface area contributed by atoms with Crippen LogP contribution in [0.2, 0.25) is 0 Å². The van der Waals surface area contributed by atoms with Gasteiger partial charge >= 0.3 is 0 Å². The summed E-state index contributed by atoms with van der Waals surface area (Å²) in [6.45, 7) is 6.21. The van der Waals surface area contributed by atoms with Crippen LogP contribution in [-0.2, 0) is 0 Å². The molecule has 0 bridgehead atoms. The zero-order valence-electron chi connectivity index (χ0n) is 21.0. The molecule has 1 fully saturated rings. The van der Waals surface area contributed by atoms with E-state index < -0.39 is 0 Å². The first-order valence-corrected chi connectivity index (χ1v) is 12.6. The summed E-state index contributed by atoms with van der Waals surface area (Å²) >= 11 is 0. The van der Waals surface area contributed by atoms with Gasteiger partial charge < -0.3 is 19.6 Å². The molecule has 0 unspecified atom stereocenters. The van der Waals surface area contributed by atoms with Crippen LogP contribution in [0, 0.1) is 23.7 Å². The van der Waals surface area contributed by atoms with Gasteiger partial charge in [-0.15, -0.1) is 0 Å². The highest BCUT2D eigenvalue weighted by molar-refractivity contribution is 5.97. The fourth-order valence-corrected chi connectivity index (χ4v) is 4.98. The van der Waals surface area contributed by atoms with E-state index in [-0.39, 0.29) is 30.6 Å². The van der Waals surface area contributed by atoms with Crippen LogP contribution in [0.1, 0.15) is 61.0 Å². The molecular weight excluding hydrogens is 440 g/mol. The van der Waals surface area contributed by atoms with Gasteiger partial charge in [0.25, 0.3) is 5.91 Å². The van der Waals surface area contributed by atoms with E-state index in [0.717, 1.165) is 24.6 Å². The second-order valence-electron chi connectivity index (χ2n) is 10.1. The molecule has 35 heavy (non-hydrogen) atoms. The van der Waals surface area contributed by atoms with Crippen molar-refractivity contribution >= 4 is 5.91 Å². The van der Waals surface area contributed by atoms with Gasteiger partial charge in [-0.05, 0) is 50.9 Å². The Balaban J connectivity index is 1.61. The smallest absolute Gasteiger partial charge is 0.259 e. The Morgan fingerprint density at radius 3 is 2.63 bits per heavy atom. The zero-order chi connectivity index (χ0) is 24.8. The van der Waals surface area contributed by atoms with Gasteiger partial charge in [0, 0.05) is 55.3 Å². The minimum atomic E-state index is -0.306. The minimum Gasteiger partial charge on any atom is -0.472 e. The van der Waals surface area contributed by atoms with E-state index in [0.29, 0.717) is 23.6 Å². The molecule has 0 spiro atoms. The monoisotopic (exact) mass is 476 g/mol. The summed E-state index contributed by atoms with van der Waals surface area (Å²) in [6, 6.07) is 5.12. The van der Waals surface area contributed by atoms with Gasteiger partial charge in [0.2, 0.25) is 5.88 Å². The predicted octanol–water partition coefficient (Wildman–Crippen LogP) is 3.22. The predicted molar refractivity (Wildman–Crippen MR) is 135 cm³/mol. The third-order valence-electron chi connectivity index (χ3n) is 7.09. The summed E-state index contributed by atoms with van der Waals surface area (Å²) in [5, 5.41) is 9.86. The van der Waals surface area contributed by atoms with Crippen molar-refractivity contribution in [3.05, 3.63) is 53.5 Å². The maximum atomic E-state index is 13.5. The molecule has 3 heterocycles. The van der Waals surface area contributed by atoms with Crippen molar-refractivity contribution < 1.29 is 14.6 Å². The van der Waals surface area contributed by atoms with Gasteiger partial charge in [-0.25, -0.2) is 4.98 Å². The van der Waals surface area contributed by atoms with Crippen LogP contribution in [0.15, 0.2) is 36.8 Å². The van der Waals surface area contributed by atoms with Crippen LogP contribution < -0.4 is 4.74 Å². The maximum absolute atomic E-state index is 13.5. The van der Waals surface area contributed by atoms with E-state index in [9.17, 15) is 9.90 Å². The molecule has 186 valence electrons. The van der Waals surface area contributed by atoms with Gasteiger partial charge in [0.15, 0.2) is 0 Å². The van der Waals surface area contributed by atoms with Crippen LogP contribution >= 0.6 is 0 Å². The maximum Gasteiger partial charge on any atom is 0.259 e. The molecule has 7 nitrogen and oxygen atoms in total. The average molecular weight is 477 g/mol. The highest BCUT2D eigenvalue weighted by Crippen LogP contribution is 2.29. The Hall–Kier alpha value is -2.95. The molecule has 0 radical (unpaired) electrons. The highest BCUT2D eigenvalue weighted by Gasteiger charge is 2.34. The zero-order valence-corrected chi connectivity index (χ0v) is 21.0. The van der Waals surface area contributed by atoms with E-state index in [1.165, 1.54) is 25.7 Å². The first-order chi connectivity index (χ1) is 16.9. The molecule has 1 aliphatic heterocycles. The molecular formula is C28H36N4O3. The van der Waals surface area contributed by atoms with Gasteiger partial charge in [-0.2, -0.15) is 0 Å². The first kappa shape index (κ1) is 25.2. The largest absolute Gasteiger partial charge is 0.472 e. The fraction of sp³-hybridized carbons (Fsp3) is 0.536. The highest BCUT2D eigenvalue weighted by atomic mass is 16.5. The van der Waals surface area contributed by atoms with Crippen molar-refractivity contribution in [3.63, 3.8) is 0 Å². The molecule has 7 heteroatoms. The topological polar surface area (TPSA) is 78.8 Å². The van der Waals surface area contributed by atoms with Crippen LogP contribution in [-0.4, -0.2) is 76.2 Å². The average Bonchev–Trinajstić information content (AvgIpc) is 3.38. The summed E-state index contributed by atoms with van der Waals surface area (Å²) in [7, 11) is 2.15. The number of hydrogen-bond acceptors (Lipinski definition) is 6. The Morgan fingerprint density at radius 2 is 1.91 bits per heavy atom. The summed E-state index contributed by atoms with van der Waals surface area (Å²) in [4.78, 5) is 26.2. The molecule has 1 aliphatic carbocycles. The van der Waals surface area contributed by atoms with E-state index in [1.807, 2.05) is 19.1 Å². The lowest BCUT2D eigenvalue weighted by molar-refractivity contribution is 0.0320. The van der Waals surface area contributed by atoms with Crippen LogP contribution in [0.25, 0.3) is 0 Å².